The van der Waals surface area contributed by atoms with Gasteiger partial charge in [0.2, 0.25) is 0 Å². The Bertz CT molecular complexity index is 547. The Morgan fingerprint density at radius 1 is 1.19 bits per heavy atom. The van der Waals surface area contributed by atoms with Gasteiger partial charge in [-0.15, -0.1) is 0 Å². The molecule has 0 fully saturated rings. The van der Waals surface area contributed by atoms with E-state index < -0.39 is 0 Å². The molecule has 0 radical (unpaired) electrons. The second-order valence-electron chi connectivity index (χ2n) is 3.82. The van der Waals surface area contributed by atoms with Crippen molar-refractivity contribution in [3.8, 4) is 0 Å². The summed E-state index contributed by atoms with van der Waals surface area (Å²) in [4.78, 5) is 23.7. The van der Waals surface area contributed by atoms with Crippen LogP contribution in [0.1, 0.15) is 31.1 Å². The summed E-state index contributed by atoms with van der Waals surface area (Å²) in [5, 5.41) is 0. The van der Waals surface area contributed by atoms with Crippen LogP contribution in [-0.2, 0) is 7.05 Å². The first-order chi connectivity index (χ1) is 7.45. The van der Waals surface area contributed by atoms with Crippen LogP contribution in [0.2, 0.25) is 0 Å². The zero-order valence-corrected chi connectivity index (χ0v) is 9.86. The first-order valence-corrected chi connectivity index (χ1v) is 5.06. The highest BCUT2D eigenvalue weighted by Gasteiger charge is 2.14. The van der Waals surface area contributed by atoms with E-state index in [2.05, 4.69) is 13.2 Å². The van der Waals surface area contributed by atoms with Gasteiger partial charge in [-0.2, -0.15) is 0 Å². The quantitative estimate of drug-likeness (QED) is 0.773. The van der Waals surface area contributed by atoms with Gasteiger partial charge in [-0.05, 0) is 19.9 Å². The van der Waals surface area contributed by atoms with E-state index >= 15 is 0 Å². The third-order valence-corrected chi connectivity index (χ3v) is 2.48. The monoisotopic (exact) mass is 220 g/mol. The molecule has 86 valence electrons. The maximum Gasteiger partial charge on any atom is 0.331 e. The van der Waals surface area contributed by atoms with Crippen molar-refractivity contribution in [1.82, 2.24) is 9.13 Å². The molecule has 4 nitrogen and oxygen atoms in total. The fourth-order valence-electron chi connectivity index (χ4n) is 1.67. The van der Waals surface area contributed by atoms with E-state index in [4.69, 9.17) is 0 Å². The van der Waals surface area contributed by atoms with Crippen molar-refractivity contribution < 1.29 is 0 Å². The summed E-state index contributed by atoms with van der Waals surface area (Å²) in [6.07, 6.45) is 2.97. The fraction of sp³-hybridized carbons (Fsp3) is 0.333. The molecule has 0 aliphatic rings. The van der Waals surface area contributed by atoms with Crippen LogP contribution < -0.4 is 11.2 Å². The van der Waals surface area contributed by atoms with E-state index in [0.29, 0.717) is 11.3 Å². The summed E-state index contributed by atoms with van der Waals surface area (Å²) in [6, 6.07) is -0.0361. The molecule has 0 saturated carbocycles. The van der Waals surface area contributed by atoms with Crippen molar-refractivity contribution in [3.63, 3.8) is 0 Å². The van der Waals surface area contributed by atoms with Gasteiger partial charge in [0.1, 0.15) is 0 Å². The van der Waals surface area contributed by atoms with Crippen LogP contribution >= 0.6 is 0 Å². The Balaban J connectivity index is 3.95. The molecule has 1 aromatic rings. The lowest BCUT2D eigenvalue weighted by molar-refractivity contribution is 0.527. The molecule has 1 heterocycles. The molecule has 0 aromatic carbocycles. The number of hydrogen-bond donors (Lipinski definition) is 0. The lowest BCUT2D eigenvalue weighted by Gasteiger charge is -2.17. The van der Waals surface area contributed by atoms with Gasteiger partial charge in [-0.3, -0.25) is 13.9 Å². The van der Waals surface area contributed by atoms with E-state index in [9.17, 15) is 9.59 Å². The molecule has 1 rings (SSSR count). The second-order valence-corrected chi connectivity index (χ2v) is 3.82. The normalized spacial score (nSPS) is 10.5. The van der Waals surface area contributed by atoms with Crippen molar-refractivity contribution in [2.45, 2.75) is 19.9 Å². The van der Waals surface area contributed by atoms with Crippen molar-refractivity contribution in [2.24, 2.45) is 7.05 Å². The van der Waals surface area contributed by atoms with Gasteiger partial charge in [0.05, 0.1) is 11.3 Å². The zero-order chi connectivity index (χ0) is 12.5. The molecular formula is C12H16N2O2. The number of rotatable bonds is 3. The zero-order valence-electron chi connectivity index (χ0n) is 9.86. The molecule has 0 N–H and O–H groups in total. The van der Waals surface area contributed by atoms with Crippen LogP contribution in [0.4, 0.5) is 0 Å². The lowest BCUT2D eigenvalue weighted by Crippen LogP contribution is -2.41. The molecule has 0 aliphatic carbocycles. The van der Waals surface area contributed by atoms with Gasteiger partial charge in [0, 0.05) is 13.1 Å². The number of aromatic nitrogens is 2. The Morgan fingerprint density at radius 3 is 2.12 bits per heavy atom. The Labute approximate surface area is 94.2 Å². The van der Waals surface area contributed by atoms with Crippen molar-refractivity contribution in [1.29, 1.82) is 0 Å². The van der Waals surface area contributed by atoms with Crippen LogP contribution in [0.5, 0.6) is 0 Å². The van der Waals surface area contributed by atoms with Gasteiger partial charge in [0.25, 0.3) is 5.56 Å². The maximum atomic E-state index is 11.9. The van der Waals surface area contributed by atoms with Crippen LogP contribution in [0.3, 0.4) is 0 Å². The van der Waals surface area contributed by atoms with Gasteiger partial charge in [0.15, 0.2) is 0 Å². The molecule has 1 aromatic heterocycles. The average molecular weight is 220 g/mol. The third-order valence-electron chi connectivity index (χ3n) is 2.48. The molecule has 16 heavy (non-hydrogen) atoms. The van der Waals surface area contributed by atoms with Gasteiger partial charge in [-0.1, -0.05) is 19.2 Å². The minimum absolute atomic E-state index is 0.0361. The van der Waals surface area contributed by atoms with E-state index in [0.717, 1.165) is 4.57 Å². The van der Waals surface area contributed by atoms with E-state index in [1.54, 1.807) is 0 Å². The SMILES string of the molecule is C=Cc1c(C=C)n(C(C)C)c(=O)n(C)c1=O. The molecule has 0 bridgehead atoms. The molecule has 0 spiro atoms. The topological polar surface area (TPSA) is 44.0 Å². The van der Waals surface area contributed by atoms with Crippen molar-refractivity contribution >= 4 is 12.2 Å². The van der Waals surface area contributed by atoms with Crippen LogP contribution in [0.15, 0.2) is 22.7 Å². The third kappa shape index (κ3) is 1.66. The highest BCUT2D eigenvalue weighted by atomic mass is 16.2. The fourth-order valence-corrected chi connectivity index (χ4v) is 1.67. The van der Waals surface area contributed by atoms with Crippen LogP contribution in [0, 0.1) is 0 Å². The summed E-state index contributed by atoms with van der Waals surface area (Å²) in [7, 11) is 1.46. The highest BCUT2D eigenvalue weighted by Crippen LogP contribution is 2.10. The predicted octanol–water partition coefficient (Wildman–Crippen LogP) is 1.41. The molecular weight excluding hydrogens is 204 g/mol. The first-order valence-electron chi connectivity index (χ1n) is 5.06. The second kappa shape index (κ2) is 4.35. The molecule has 0 saturated heterocycles. The standard InChI is InChI=1S/C12H16N2O2/c1-6-9-10(7-2)14(8(3)4)12(16)13(5)11(9)15/h6-8H,1-2H2,3-5H3. The molecule has 0 atom stereocenters. The van der Waals surface area contributed by atoms with Crippen LogP contribution in [-0.4, -0.2) is 9.13 Å². The largest absolute Gasteiger partial charge is 0.331 e. The number of hydrogen-bond acceptors (Lipinski definition) is 2. The minimum Gasteiger partial charge on any atom is -0.291 e. The Hall–Kier alpha value is -1.84. The lowest BCUT2D eigenvalue weighted by atomic mass is 10.2. The van der Waals surface area contributed by atoms with Gasteiger partial charge in [-0.25, -0.2) is 4.79 Å². The molecule has 0 amide bonds. The average Bonchev–Trinajstić information content (AvgIpc) is 2.24. The number of nitrogens with zero attached hydrogens (tertiary/aromatic N) is 2. The maximum absolute atomic E-state index is 11.9. The van der Waals surface area contributed by atoms with E-state index in [1.807, 2.05) is 13.8 Å². The summed E-state index contributed by atoms with van der Waals surface area (Å²) < 4.78 is 2.62. The van der Waals surface area contributed by atoms with Crippen molar-refractivity contribution in [2.75, 3.05) is 0 Å². The summed E-state index contributed by atoms with van der Waals surface area (Å²) in [5.74, 6) is 0. The smallest absolute Gasteiger partial charge is 0.291 e. The van der Waals surface area contributed by atoms with Crippen LogP contribution in [0.25, 0.3) is 12.2 Å². The molecule has 0 unspecified atom stereocenters. The highest BCUT2D eigenvalue weighted by molar-refractivity contribution is 5.59. The predicted molar refractivity (Wildman–Crippen MR) is 66.5 cm³/mol. The van der Waals surface area contributed by atoms with Gasteiger partial charge >= 0.3 is 5.69 Å². The Kier molecular flexibility index (Phi) is 3.32. The van der Waals surface area contributed by atoms with E-state index in [1.165, 1.54) is 23.8 Å². The summed E-state index contributed by atoms with van der Waals surface area (Å²) >= 11 is 0. The van der Waals surface area contributed by atoms with Gasteiger partial charge < -0.3 is 0 Å². The van der Waals surface area contributed by atoms with Crippen molar-refractivity contribution in [3.05, 3.63) is 45.3 Å². The first kappa shape index (κ1) is 12.2. The Morgan fingerprint density at radius 2 is 1.75 bits per heavy atom. The minimum atomic E-state index is -0.341. The van der Waals surface area contributed by atoms with E-state index in [-0.39, 0.29) is 17.3 Å². The molecule has 4 heteroatoms. The summed E-state index contributed by atoms with van der Waals surface area (Å²) in [6.45, 7) is 11.0. The molecule has 0 aliphatic heterocycles. The summed E-state index contributed by atoms with van der Waals surface area (Å²) in [5.41, 5.74) is 0.260.